The zero-order chi connectivity index (χ0) is 10.5. The summed E-state index contributed by atoms with van der Waals surface area (Å²) < 4.78 is 0. The molecule has 0 aliphatic rings. The second-order valence-electron chi connectivity index (χ2n) is 4.54. The highest BCUT2D eigenvalue weighted by molar-refractivity contribution is 5.85. The molecule has 0 aromatic heterocycles. The molecule has 0 aromatic rings. The van der Waals surface area contributed by atoms with Crippen molar-refractivity contribution in [2.24, 2.45) is 0 Å². The summed E-state index contributed by atoms with van der Waals surface area (Å²) in [5.41, 5.74) is 0. The highest BCUT2D eigenvalue weighted by atomic mass is 35.5. The average Bonchev–Trinajstić information content (AvgIpc) is 2.21. The fourth-order valence-corrected chi connectivity index (χ4v) is 1.91. The molecule has 0 radical (unpaired) electrons. The Morgan fingerprint density at radius 1 is 0.400 bits per heavy atom. The normalized spacial score (nSPS) is 10.0. The van der Waals surface area contributed by atoms with Gasteiger partial charge in [0.05, 0.1) is 0 Å². The van der Waals surface area contributed by atoms with E-state index in [1.54, 1.807) is 0 Å². The zero-order valence-corrected chi connectivity index (χ0v) is 11.7. The Balaban J connectivity index is 0. The van der Waals surface area contributed by atoms with Crippen LogP contribution in [0.1, 0.15) is 90.9 Å². The molecule has 0 unspecified atom stereocenters. The molecule has 0 heterocycles. The number of hydrogen-bond acceptors (Lipinski definition) is 0. The van der Waals surface area contributed by atoms with Gasteiger partial charge < -0.3 is 0 Å². The minimum atomic E-state index is 0. The van der Waals surface area contributed by atoms with Crippen LogP contribution in [0, 0.1) is 0 Å². The summed E-state index contributed by atoms with van der Waals surface area (Å²) in [5.74, 6) is 0. The van der Waals surface area contributed by atoms with Gasteiger partial charge >= 0.3 is 0 Å². The molecule has 0 saturated carbocycles. The molecule has 15 heavy (non-hydrogen) atoms. The maximum Gasteiger partial charge on any atom is -0.0533 e. The zero-order valence-electron chi connectivity index (χ0n) is 10.9. The molecule has 0 fully saturated rings. The summed E-state index contributed by atoms with van der Waals surface area (Å²) in [7, 11) is 0. The van der Waals surface area contributed by atoms with Gasteiger partial charge in [-0.25, -0.2) is 0 Å². The van der Waals surface area contributed by atoms with Gasteiger partial charge in [-0.3, -0.25) is 0 Å². The standard InChI is InChI=1S/C14H30.ClH/c1-3-5-7-9-11-13-14-12-10-8-6-4-2;/h3-14H2,1-2H3;1H. The van der Waals surface area contributed by atoms with E-state index in [1.807, 2.05) is 0 Å². The Bertz CT molecular complexity index is 79.3. The Morgan fingerprint density at radius 2 is 0.600 bits per heavy atom. The van der Waals surface area contributed by atoms with Gasteiger partial charge in [-0.05, 0) is 0 Å². The Morgan fingerprint density at radius 3 is 0.800 bits per heavy atom. The SMILES string of the molecule is CCCCCCCCCCCCCC.Cl. The molecule has 0 atom stereocenters. The van der Waals surface area contributed by atoms with Crippen LogP contribution in [-0.4, -0.2) is 0 Å². The van der Waals surface area contributed by atoms with Gasteiger partial charge in [-0.1, -0.05) is 90.9 Å². The minimum absolute atomic E-state index is 0. The van der Waals surface area contributed by atoms with Gasteiger partial charge in [-0.2, -0.15) is 0 Å². The highest BCUT2D eigenvalue weighted by Gasteiger charge is 1.91. The maximum absolute atomic E-state index is 2.29. The Labute approximate surface area is 104 Å². The first-order valence-electron chi connectivity index (χ1n) is 6.91. The van der Waals surface area contributed by atoms with Gasteiger partial charge in [0.2, 0.25) is 0 Å². The first-order chi connectivity index (χ1) is 6.91. The van der Waals surface area contributed by atoms with Crippen LogP contribution >= 0.6 is 12.4 Å². The Hall–Kier alpha value is 0.290. The predicted octanol–water partition coefficient (Wildman–Crippen LogP) is 6.13. The van der Waals surface area contributed by atoms with Crippen LogP contribution in [0.2, 0.25) is 0 Å². The second kappa shape index (κ2) is 16.7. The molecule has 0 bridgehead atoms. The summed E-state index contributed by atoms with van der Waals surface area (Å²) in [4.78, 5) is 0. The van der Waals surface area contributed by atoms with E-state index < -0.39 is 0 Å². The van der Waals surface area contributed by atoms with Gasteiger partial charge in [0.15, 0.2) is 0 Å². The third-order valence-corrected chi connectivity index (χ3v) is 2.96. The van der Waals surface area contributed by atoms with Crippen molar-refractivity contribution in [3.8, 4) is 0 Å². The van der Waals surface area contributed by atoms with Crippen LogP contribution in [0.4, 0.5) is 0 Å². The number of hydrogen-bond donors (Lipinski definition) is 0. The van der Waals surface area contributed by atoms with Crippen molar-refractivity contribution in [2.45, 2.75) is 90.9 Å². The minimum Gasteiger partial charge on any atom is -0.147 e. The summed E-state index contributed by atoms with van der Waals surface area (Å²) in [6.45, 7) is 4.57. The number of unbranched alkanes of at least 4 members (excludes halogenated alkanes) is 11. The largest absolute Gasteiger partial charge is 0.147 e. The molecule has 0 spiro atoms. The van der Waals surface area contributed by atoms with Crippen molar-refractivity contribution < 1.29 is 0 Å². The van der Waals surface area contributed by atoms with Crippen molar-refractivity contribution in [1.29, 1.82) is 0 Å². The van der Waals surface area contributed by atoms with E-state index in [1.165, 1.54) is 77.0 Å². The summed E-state index contributed by atoms with van der Waals surface area (Å²) >= 11 is 0. The molecule has 0 N–H and O–H groups in total. The number of rotatable bonds is 11. The van der Waals surface area contributed by atoms with Crippen LogP contribution in [0.25, 0.3) is 0 Å². The predicted molar refractivity (Wildman–Crippen MR) is 74.0 cm³/mol. The lowest BCUT2D eigenvalue weighted by atomic mass is 10.1. The van der Waals surface area contributed by atoms with Crippen LogP contribution < -0.4 is 0 Å². The Kier molecular flexibility index (Phi) is 19.7. The van der Waals surface area contributed by atoms with E-state index in [-0.39, 0.29) is 12.4 Å². The number of halogens is 1. The van der Waals surface area contributed by atoms with Crippen LogP contribution in [0.5, 0.6) is 0 Å². The van der Waals surface area contributed by atoms with Crippen LogP contribution in [0.15, 0.2) is 0 Å². The van der Waals surface area contributed by atoms with E-state index in [9.17, 15) is 0 Å². The smallest absolute Gasteiger partial charge is 0.0533 e. The van der Waals surface area contributed by atoms with Crippen molar-refractivity contribution in [2.75, 3.05) is 0 Å². The van der Waals surface area contributed by atoms with E-state index in [2.05, 4.69) is 13.8 Å². The first kappa shape index (κ1) is 17.7. The lowest BCUT2D eigenvalue weighted by molar-refractivity contribution is 0.548. The van der Waals surface area contributed by atoms with Gasteiger partial charge in [0.1, 0.15) is 0 Å². The summed E-state index contributed by atoms with van der Waals surface area (Å²) in [6, 6.07) is 0. The van der Waals surface area contributed by atoms with Gasteiger partial charge in [0, 0.05) is 0 Å². The maximum atomic E-state index is 2.29. The van der Waals surface area contributed by atoms with Crippen molar-refractivity contribution in [3.63, 3.8) is 0 Å². The topological polar surface area (TPSA) is 0 Å². The lowest BCUT2D eigenvalue weighted by Crippen LogP contribution is -1.81. The fraction of sp³-hybridized carbons (Fsp3) is 1.00. The van der Waals surface area contributed by atoms with Crippen molar-refractivity contribution >= 4 is 12.4 Å². The monoisotopic (exact) mass is 234 g/mol. The lowest BCUT2D eigenvalue weighted by Gasteiger charge is -2.01. The molecule has 0 nitrogen and oxygen atoms in total. The second-order valence-corrected chi connectivity index (χ2v) is 4.54. The van der Waals surface area contributed by atoms with Crippen molar-refractivity contribution in [1.82, 2.24) is 0 Å². The third kappa shape index (κ3) is 16.9. The molecular formula is C14H31Cl. The van der Waals surface area contributed by atoms with E-state index in [4.69, 9.17) is 0 Å². The average molecular weight is 235 g/mol. The molecule has 0 aliphatic heterocycles. The molecule has 0 aromatic carbocycles. The van der Waals surface area contributed by atoms with Crippen LogP contribution in [-0.2, 0) is 0 Å². The fourth-order valence-electron chi connectivity index (χ4n) is 1.91. The third-order valence-electron chi connectivity index (χ3n) is 2.96. The van der Waals surface area contributed by atoms with E-state index in [0.29, 0.717) is 0 Å². The van der Waals surface area contributed by atoms with Gasteiger partial charge in [-0.15, -0.1) is 12.4 Å². The van der Waals surface area contributed by atoms with Gasteiger partial charge in [0.25, 0.3) is 0 Å². The molecule has 1 heteroatoms. The molecule has 0 amide bonds. The molecule has 94 valence electrons. The summed E-state index contributed by atoms with van der Waals surface area (Å²) in [5, 5.41) is 0. The molecular weight excluding hydrogens is 204 g/mol. The van der Waals surface area contributed by atoms with Crippen molar-refractivity contribution in [3.05, 3.63) is 0 Å². The highest BCUT2D eigenvalue weighted by Crippen LogP contribution is 2.11. The molecule has 0 saturated heterocycles. The first-order valence-corrected chi connectivity index (χ1v) is 6.91. The summed E-state index contributed by atoms with van der Waals surface area (Å²) in [6.07, 6.45) is 17.4. The van der Waals surface area contributed by atoms with Crippen LogP contribution in [0.3, 0.4) is 0 Å². The van der Waals surface area contributed by atoms with E-state index >= 15 is 0 Å². The molecule has 0 rings (SSSR count). The quantitative estimate of drug-likeness (QED) is 0.377. The molecule has 0 aliphatic carbocycles. The van der Waals surface area contributed by atoms with E-state index in [0.717, 1.165) is 0 Å².